The van der Waals surface area contributed by atoms with E-state index in [0.717, 1.165) is 30.8 Å². The van der Waals surface area contributed by atoms with E-state index in [2.05, 4.69) is 10.6 Å². The minimum atomic E-state index is 0. The third-order valence-corrected chi connectivity index (χ3v) is 3.63. The van der Waals surface area contributed by atoms with Crippen LogP contribution in [-0.2, 0) is 16.1 Å². The maximum Gasteiger partial charge on any atom is 0.224 e. The molecule has 1 aliphatic rings. The number of carbonyl (C=O) groups is 1. The first-order chi connectivity index (χ1) is 9.78. The summed E-state index contributed by atoms with van der Waals surface area (Å²) in [5, 5.41) is 6.29. The molecule has 1 fully saturated rings. The molecule has 1 aliphatic heterocycles. The highest BCUT2D eigenvalue weighted by Gasteiger charge is 2.15. The van der Waals surface area contributed by atoms with Crippen LogP contribution >= 0.6 is 12.4 Å². The Hall–Kier alpha value is -1.10. The quantitative estimate of drug-likeness (QED) is 0.814. The second kappa shape index (κ2) is 9.77. The predicted octanol–water partition coefficient (Wildman–Crippen LogP) is 2.97. The van der Waals surface area contributed by atoms with Gasteiger partial charge >= 0.3 is 0 Å². The van der Waals surface area contributed by atoms with Gasteiger partial charge in [0.1, 0.15) is 0 Å². The monoisotopic (exact) mass is 312 g/mol. The van der Waals surface area contributed by atoms with Gasteiger partial charge in [-0.05, 0) is 56.5 Å². The number of ether oxygens (including phenoxy) is 1. The number of hydrogen-bond donors (Lipinski definition) is 2. The van der Waals surface area contributed by atoms with Gasteiger partial charge < -0.3 is 15.4 Å². The van der Waals surface area contributed by atoms with E-state index in [1.165, 1.54) is 6.42 Å². The van der Waals surface area contributed by atoms with Crippen molar-refractivity contribution in [1.82, 2.24) is 5.32 Å². The number of amides is 1. The van der Waals surface area contributed by atoms with Crippen LogP contribution in [0.4, 0.5) is 5.69 Å². The van der Waals surface area contributed by atoms with E-state index in [1.54, 1.807) is 0 Å². The predicted molar refractivity (Wildman–Crippen MR) is 87.9 cm³/mol. The summed E-state index contributed by atoms with van der Waals surface area (Å²) in [6, 6.07) is 7.86. The molecule has 1 saturated heterocycles. The van der Waals surface area contributed by atoms with E-state index in [9.17, 15) is 4.79 Å². The van der Waals surface area contributed by atoms with Crippen molar-refractivity contribution in [2.75, 3.05) is 25.0 Å². The molecule has 0 radical (unpaired) electrons. The third-order valence-electron chi connectivity index (χ3n) is 3.63. The van der Waals surface area contributed by atoms with E-state index >= 15 is 0 Å². The zero-order valence-corrected chi connectivity index (χ0v) is 13.4. The lowest BCUT2D eigenvalue weighted by molar-refractivity contribution is -0.116. The first kappa shape index (κ1) is 18.0. The third kappa shape index (κ3) is 6.46. The lowest BCUT2D eigenvalue weighted by Crippen LogP contribution is -2.15. The zero-order chi connectivity index (χ0) is 14.2. The van der Waals surface area contributed by atoms with Gasteiger partial charge in [0.05, 0.1) is 6.61 Å². The van der Waals surface area contributed by atoms with Gasteiger partial charge in [-0.2, -0.15) is 0 Å². The number of halogens is 1. The number of benzene rings is 1. The molecule has 5 heteroatoms. The molecule has 1 unspecified atom stereocenters. The molecule has 0 saturated carbocycles. The fourth-order valence-electron chi connectivity index (χ4n) is 2.48. The number of nitrogens with one attached hydrogen (secondary N) is 2. The van der Waals surface area contributed by atoms with Gasteiger partial charge in [-0.3, -0.25) is 4.79 Å². The summed E-state index contributed by atoms with van der Waals surface area (Å²) in [5.74, 6) is 0.760. The van der Waals surface area contributed by atoms with Crippen molar-refractivity contribution in [2.45, 2.75) is 32.8 Å². The summed E-state index contributed by atoms with van der Waals surface area (Å²) in [4.78, 5) is 11.9. The highest BCUT2D eigenvalue weighted by atomic mass is 35.5. The van der Waals surface area contributed by atoms with E-state index in [0.29, 0.717) is 25.6 Å². The average molecular weight is 313 g/mol. The molecular weight excluding hydrogens is 288 g/mol. The first-order valence-electron chi connectivity index (χ1n) is 7.45. The Morgan fingerprint density at radius 1 is 1.48 bits per heavy atom. The maximum absolute atomic E-state index is 11.9. The van der Waals surface area contributed by atoms with Gasteiger partial charge in [-0.15, -0.1) is 12.4 Å². The van der Waals surface area contributed by atoms with Gasteiger partial charge in [0, 0.05) is 18.7 Å². The van der Waals surface area contributed by atoms with E-state index in [1.807, 2.05) is 31.2 Å². The van der Waals surface area contributed by atoms with Crippen LogP contribution in [0.5, 0.6) is 0 Å². The van der Waals surface area contributed by atoms with Crippen molar-refractivity contribution < 1.29 is 9.53 Å². The van der Waals surface area contributed by atoms with Crippen LogP contribution in [0.1, 0.15) is 31.7 Å². The zero-order valence-electron chi connectivity index (χ0n) is 12.6. The van der Waals surface area contributed by atoms with E-state index in [4.69, 9.17) is 4.74 Å². The molecular formula is C16H25ClN2O2. The number of hydrogen-bond acceptors (Lipinski definition) is 3. The Morgan fingerprint density at radius 2 is 2.33 bits per heavy atom. The second-order valence-electron chi connectivity index (χ2n) is 5.28. The summed E-state index contributed by atoms with van der Waals surface area (Å²) in [6.07, 6.45) is 2.76. The van der Waals surface area contributed by atoms with Crippen LogP contribution < -0.4 is 10.6 Å². The average Bonchev–Trinajstić information content (AvgIpc) is 2.97. The molecule has 21 heavy (non-hydrogen) atoms. The number of carbonyl (C=O) groups excluding carboxylic acids is 1. The highest BCUT2D eigenvalue weighted by Crippen LogP contribution is 2.16. The van der Waals surface area contributed by atoms with Crippen LogP contribution in [0.25, 0.3) is 0 Å². The second-order valence-corrected chi connectivity index (χ2v) is 5.28. The Bertz CT molecular complexity index is 434. The van der Waals surface area contributed by atoms with Crippen LogP contribution in [0.2, 0.25) is 0 Å². The van der Waals surface area contributed by atoms with Gasteiger partial charge in [-0.25, -0.2) is 0 Å². The molecule has 1 amide bonds. The molecule has 1 atom stereocenters. The topological polar surface area (TPSA) is 50.4 Å². The summed E-state index contributed by atoms with van der Waals surface area (Å²) < 4.78 is 5.37. The standard InChI is InChI=1S/C16H24N2O2.ClH/c1-2-20-12-14-4-3-5-15(10-14)18-16(19)7-6-13-8-9-17-11-13;/h3-5,10,13,17H,2,6-9,11-12H2,1H3,(H,18,19);1H. The molecule has 0 spiro atoms. The van der Waals surface area contributed by atoms with Crippen LogP contribution in [-0.4, -0.2) is 25.6 Å². The number of anilines is 1. The SMILES string of the molecule is CCOCc1cccc(NC(=O)CCC2CCNC2)c1.Cl. The lowest BCUT2D eigenvalue weighted by Gasteiger charge is -2.10. The van der Waals surface area contributed by atoms with Gasteiger partial charge in [0.2, 0.25) is 5.91 Å². The van der Waals surface area contributed by atoms with Crippen molar-refractivity contribution in [1.29, 1.82) is 0 Å². The minimum Gasteiger partial charge on any atom is -0.377 e. The molecule has 0 aromatic heterocycles. The summed E-state index contributed by atoms with van der Waals surface area (Å²) in [7, 11) is 0. The minimum absolute atomic E-state index is 0. The van der Waals surface area contributed by atoms with Crippen molar-refractivity contribution in [3.8, 4) is 0 Å². The molecule has 0 bridgehead atoms. The summed E-state index contributed by atoms with van der Waals surface area (Å²) >= 11 is 0. The van der Waals surface area contributed by atoms with Crippen LogP contribution in [0.15, 0.2) is 24.3 Å². The van der Waals surface area contributed by atoms with E-state index in [-0.39, 0.29) is 18.3 Å². The molecule has 2 rings (SSSR count). The molecule has 118 valence electrons. The Kier molecular flexibility index (Phi) is 8.35. The van der Waals surface area contributed by atoms with Gasteiger partial charge in [0.15, 0.2) is 0 Å². The van der Waals surface area contributed by atoms with Gasteiger partial charge in [0.25, 0.3) is 0 Å². The van der Waals surface area contributed by atoms with Crippen molar-refractivity contribution in [3.05, 3.63) is 29.8 Å². The largest absolute Gasteiger partial charge is 0.377 e. The normalized spacial score (nSPS) is 17.3. The lowest BCUT2D eigenvalue weighted by atomic mass is 10.0. The Morgan fingerprint density at radius 3 is 3.05 bits per heavy atom. The van der Waals surface area contributed by atoms with Crippen LogP contribution in [0.3, 0.4) is 0 Å². The summed E-state index contributed by atoms with van der Waals surface area (Å²) in [6.45, 7) is 5.41. The van der Waals surface area contributed by atoms with E-state index < -0.39 is 0 Å². The molecule has 2 N–H and O–H groups in total. The smallest absolute Gasteiger partial charge is 0.224 e. The number of rotatable bonds is 7. The first-order valence-corrected chi connectivity index (χ1v) is 7.45. The van der Waals surface area contributed by atoms with Crippen molar-refractivity contribution >= 4 is 24.0 Å². The highest BCUT2D eigenvalue weighted by molar-refractivity contribution is 5.90. The van der Waals surface area contributed by atoms with Gasteiger partial charge in [-0.1, -0.05) is 12.1 Å². The molecule has 0 aliphatic carbocycles. The Labute approximate surface area is 133 Å². The maximum atomic E-state index is 11.9. The van der Waals surface area contributed by atoms with Crippen molar-refractivity contribution in [3.63, 3.8) is 0 Å². The fourth-order valence-corrected chi connectivity index (χ4v) is 2.48. The fraction of sp³-hybridized carbons (Fsp3) is 0.562. The molecule has 1 heterocycles. The van der Waals surface area contributed by atoms with Crippen LogP contribution in [0, 0.1) is 5.92 Å². The molecule has 4 nitrogen and oxygen atoms in total. The summed E-state index contributed by atoms with van der Waals surface area (Å²) in [5.41, 5.74) is 1.95. The molecule has 1 aromatic carbocycles. The van der Waals surface area contributed by atoms with Crippen molar-refractivity contribution in [2.24, 2.45) is 5.92 Å². The Balaban J connectivity index is 0.00000220. The molecule has 1 aromatic rings.